The Kier molecular flexibility index (Phi) is 11.4. The third-order valence-electron chi connectivity index (χ3n) is 3.32. The maximum Gasteiger partial charge on any atom is 0 e. The van der Waals surface area contributed by atoms with Crippen LogP contribution in [-0.4, -0.2) is 0 Å². The molecular formula is C25H21Os-3. The molecule has 0 saturated carbocycles. The Bertz CT molecular complexity index is 694. The van der Waals surface area contributed by atoms with E-state index in [0.29, 0.717) is 0 Å². The quantitative estimate of drug-likeness (QED) is 0.258. The van der Waals surface area contributed by atoms with Crippen LogP contribution in [0.4, 0.5) is 0 Å². The number of rotatable bonds is 1. The molecule has 0 atom stereocenters. The Morgan fingerprint density at radius 1 is 0.462 bits per heavy atom. The minimum Gasteiger partial charge on any atom is -0.184 e. The van der Waals surface area contributed by atoms with Gasteiger partial charge in [0.2, 0.25) is 0 Å². The first-order valence-electron chi connectivity index (χ1n) is 8.21. The molecule has 0 aromatic heterocycles. The van der Waals surface area contributed by atoms with Crippen molar-refractivity contribution in [2.45, 2.75) is 6.92 Å². The van der Waals surface area contributed by atoms with Gasteiger partial charge >= 0.3 is 0 Å². The van der Waals surface area contributed by atoms with Crippen LogP contribution in [0.3, 0.4) is 0 Å². The SMILES string of the molecule is Cc1ccc(-c2cc[c-]cc2)cc1.[Os].[c-]1ccccc1.[c-]1ccccc1. The van der Waals surface area contributed by atoms with E-state index < -0.39 is 0 Å². The Balaban J connectivity index is 0.000000218. The largest absolute Gasteiger partial charge is 0.184 e. The molecular weight excluding hydrogens is 491 g/mol. The summed E-state index contributed by atoms with van der Waals surface area (Å²) in [6.45, 7) is 2.10. The molecule has 0 N–H and O–H groups in total. The van der Waals surface area contributed by atoms with Gasteiger partial charge in [0.1, 0.15) is 0 Å². The Labute approximate surface area is 170 Å². The van der Waals surface area contributed by atoms with Crippen LogP contribution in [-0.2, 0) is 19.8 Å². The van der Waals surface area contributed by atoms with Crippen molar-refractivity contribution in [3.8, 4) is 11.1 Å². The first-order valence-corrected chi connectivity index (χ1v) is 8.21. The van der Waals surface area contributed by atoms with Gasteiger partial charge in [-0.05, 0) is 12.5 Å². The van der Waals surface area contributed by atoms with Crippen molar-refractivity contribution in [2.75, 3.05) is 0 Å². The summed E-state index contributed by atoms with van der Waals surface area (Å²) in [4.78, 5) is 0. The third-order valence-corrected chi connectivity index (χ3v) is 3.32. The monoisotopic (exact) mass is 513 g/mol. The summed E-state index contributed by atoms with van der Waals surface area (Å²) in [6.07, 6.45) is 0. The third kappa shape index (κ3) is 9.12. The van der Waals surface area contributed by atoms with E-state index in [1.165, 1.54) is 16.7 Å². The molecule has 1 heteroatoms. The van der Waals surface area contributed by atoms with E-state index in [-0.39, 0.29) is 19.8 Å². The fraction of sp³-hybridized carbons (Fsp3) is 0.0400. The van der Waals surface area contributed by atoms with E-state index in [4.69, 9.17) is 0 Å². The van der Waals surface area contributed by atoms with Gasteiger partial charge < -0.3 is 0 Å². The smallest absolute Gasteiger partial charge is 0 e. The molecule has 0 aliphatic rings. The topological polar surface area (TPSA) is 0 Å². The van der Waals surface area contributed by atoms with Gasteiger partial charge in [-0.1, -0.05) is 29.8 Å². The van der Waals surface area contributed by atoms with Crippen molar-refractivity contribution >= 4 is 0 Å². The van der Waals surface area contributed by atoms with E-state index in [1.54, 1.807) is 0 Å². The summed E-state index contributed by atoms with van der Waals surface area (Å²) >= 11 is 0. The zero-order valence-corrected chi connectivity index (χ0v) is 17.3. The molecule has 0 radical (unpaired) electrons. The van der Waals surface area contributed by atoms with E-state index in [2.05, 4.69) is 61.5 Å². The molecule has 0 spiro atoms. The van der Waals surface area contributed by atoms with Crippen molar-refractivity contribution in [1.29, 1.82) is 0 Å². The van der Waals surface area contributed by atoms with Crippen molar-refractivity contribution in [3.63, 3.8) is 0 Å². The van der Waals surface area contributed by atoms with Crippen LogP contribution in [0.2, 0.25) is 0 Å². The summed E-state index contributed by atoms with van der Waals surface area (Å²) in [5.74, 6) is 0. The van der Waals surface area contributed by atoms with E-state index in [0.717, 1.165) is 0 Å². The second-order valence-electron chi connectivity index (χ2n) is 5.31. The molecule has 0 nitrogen and oxygen atoms in total. The molecule has 0 aliphatic heterocycles. The molecule has 0 amide bonds. The average Bonchev–Trinajstić information content (AvgIpc) is 2.73. The molecule has 0 heterocycles. The van der Waals surface area contributed by atoms with Crippen LogP contribution in [0.1, 0.15) is 5.56 Å². The van der Waals surface area contributed by atoms with Gasteiger partial charge in [0.25, 0.3) is 0 Å². The number of aryl methyl sites for hydroxylation is 1. The van der Waals surface area contributed by atoms with Gasteiger partial charge in [-0.25, -0.2) is 0 Å². The molecule has 0 saturated heterocycles. The zero-order chi connectivity index (χ0) is 17.6. The first-order chi connectivity index (χ1) is 12.4. The normalized spacial score (nSPS) is 8.65. The van der Waals surface area contributed by atoms with Gasteiger partial charge in [-0.2, -0.15) is 103 Å². The van der Waals surface area contributed by atoms with Gasteiger partial charge in [-0.15, -0.1) is 5.56 Å². The summed E-state index contributed by atoms with van der Waals surface area (Å²) < 4.78 is 0. The van der Waals surface area contributed by atoms with E-state index in [1.807, 2.05) is 72.8 Å². The molecule has 0 unspecified atom stereocenters. The standard InChI is InChI=1S/C13H11.2C6H5.Os/c1-11-7-9-13(10-8-11)12-5-3-2-4-6-12;2*1-2-4-6-5-3-1;/h3-10H,1H3;2*1-5H;/q3*-1;. The number of hydrogen-bond acceptors (Lipinski definition) is 0. The molecule has 4 aromatic carbocycles. The summed E-state index contributed by atoms with van der Waals surface area (Å²) in [7, 11) is 0. The minimum atomic E-state index is 0. The molecule has 0 bridgehead atoms. The molecule has 0 aliphatic carbocycles. The van der Waals surface area contributed by atoms with Crippen LogP contribution in [0.15, 0.2) is 109 Å². The van der Waals surface area contributed by atoms with Crippen molar-refractivity contribution in [2.24, 2.45) is 0 Å². The van der Waals surface area contributed by atoms with Crippen LogP contribution in [0, 0.1) is 25.1 Å². The zero-order valence-electron chi connectivity index (χ0n) is 14.7. The Hall–Kier alpha value is -2.48. The predicted octanol–water partition coefficient (Wildman–Crippen LogP) is 6.43. The minimum absolute atomic E-state index is 0. The maximum atomic E-state index is 3.01. The van der Waals surface area contributed by atoms with E-state index >= 15 is 0 Å². The predicted molar refractivity (Wildman–Crippen MR) is 106 cm³/mol. The second kappa shape index (κ2) is 13.8. The van der Waals surface area contributed by atoms with Gasteiger partial charge in [0.05, 0.1) is 0 Å². The average molecular weight is 512 g/mol. The molecule has 26 heavy (non-hydrogen) atoms. The molecule has 0 fully saturated rings. The molecule has 132 valence electrons. The summed E-state index contributed by atoms with van der Waals surface area (Å²) in [5, 5.41) is 0. The van der Waals surface area contributed by atoms with Gasteiger partial charge in [0.15, 0.2) is 0 Å². The van der Waals surface area contributed by atoms with Gasteiger partial charge in [-0.3, -0.25) is 0 Å². The Morgan fingerprint density at radius 2 is 0.846 bits per heavy atom. The van der Waals surface area contributed by atoms with Crippen LogP contribution in [0.5, 0.6) is 0 Å². The summed E-state index contributed by atoms with van der Waals surface area (Å²) in [6, 6.07) is 44.6. The van der Waals surface area contributed by atoms with Crippen LogP contribution < -0.4 is 0 Å². The fourth-order valence-corrected chi connectivity index (χ4v) is 2.01. The number of hydrogen-bond donors (Lipinski definition) is 0. The van der Waals surface area contributed by atoms with Crippen LogP contribution >= 0.6 is 0 Å². The number of benzene rings is 4. The maximum absolute atomic E-state index is 3.01. The van der Waals surface area contributed by atoms with Crippen molar-refractivity contribution < 1.29 is 19.8 Å². The van der Waals surface area contributed by atoms with Crippen molar-refractivity contribution in [3.05, 3.63) is 133 Å². The fourth-order valence-electron chi connectivity index (χ4n) is 2.01. The van der Waals surface area contributed by atoms with Gasteiger partial charge in [0, 0.05) is 19.8 Å². The second-order valence-corrected chi connectivity index (χ2v) is 5.31. The Morgan fingerprint density at radius 3 is 1.19 bits per heavy atom. The summed E-state index contributed by atoms with van der Waals surface area (Å²) in [5.41, 5.74) is 3.81. The van der Waals surface area contributed by atoms with Crippen LogP contribution in [0.25, 0.3) is 11.1 Å². The first kappa shape index (κ1) is 21.6. The molecule has 4 rings (SSSR count). The van der Waals surface area contributed by atoms with Crippen molar-refractivity contribution in [1.82, 2.24) is 0 Å². The molecule has 4 aromatic rings. The van der Waals surface area contributed by atoms with E-state index in [9.17, 15) is 0 Å².